The van der Waals surface area contributed by atoms with Crippen molar-refractivity contribution in [3.8, 4) is 5.88 Å². The number of pyridine rings is 1. The summed E-state index contributed by atoms with van der Waals surface area (Å²) in [6.45, 7) is 3.21. The van der Waals surface area contributed by atoms with Gasteiger partial charge in [-0.05, 0) is 49.1 Å². The molecule has 0 atom stereocenters. The quantitative estimate of drug-likeness (QED) is 0.630. The average Bonchev–Trinajstić information content (AvgIpc) is 3.63. The van der Waals surface area contributed by atoms with E-state index in [0.717, 1.165) is 16.6 Å². The van der Waals surface area contributed by atoms with Gasteiger partial charge in [0.05, 0.1) is 17.5 Å². The lowest BCUT2D eigenvalue weighted by Crippen LogP contribution is -2.49. The maximum absolute atomic E-state index is 12.8. The summed E-state index contributed by atoms with van der Waals surface area (Å²) >= 11 is 0. The van der Waals surface area contributed by atoms with Crippen LogP contribution in [-0.4, -0.2) is 58.1 Å². The minimum absolute atomic E-state index is 0.205. The first-order valence-corrected chi connectivity index (χ1v) is 10.7. The first-order valence-electron chi connectivity index (χ1n) is 10.7. The third-order valence-electron chi connectivity index (χ3n) is 6.02. The van der Waals surface area contributed by atoms with Gasteiger partial charge in [0.15, 0.2) is 0 Å². The van der Waals surface area contributed by atoms with Crippen LogP contribution in [0.15, 0.2) is 47.7 Å². The van der Waals surface area contributed by atoms with Gasteiger partial charge in [-0.3, -0.25) is 9.59 Å². The van der Waals surface area contributed by atoms with Crippen LogP contribution in [0, 0.1) is 5.92 Å². The molecule has 1 aliphatic carbocycles. The van der Waals surface area contributed by atoms with Gasteiger partial charge in [-0.1, -0.05) is 0 Å². The summed E-state index contributed by atoms with van der Waals surface area (Å²) in [4.78, 5) is 37.8. The number of hydrogen-bond donors (Lipinski definition) is 0. The standard InChI is InChI=1S/C23H25N5O3/c1-26-8-2-3-18(22(26)29)23(30)28-11-9-27(10-12-28)17-6-7-20-19(13-17)21(25-15-24-20)31-14-16-4-5-16/h2-3,6-8,13,15-16H,4-5,9-12,14H2,1H3. The number of rotatable bonds is 5. The van der Waals surface area contributed by atoms with Crippen molar-refractivity contribution in [2.45, 2.75) is 12.8 Å². The molecule has 0 spiro atoms. The Kier molecular flexibility index (Phi) is 5.05. The van der Waals surface area contributed by atoms with E-state index in [1.165, 1.54) is 17.4 Å². The SMILES string of the molecule is Cn1cccc(C(=O)N2CCN(c3ccc4ncnc(OCC5CC5)c4c3)CC2)c1=O. The number of anilines is 1. The Morgan fingerprint density at radius 3 is 2.71 bits per heavy atom. The van der Waals surface area contributed by atoms with Crippen LogP contribution in [0.1, 0.15) is 23.2 Å². The lowest BCUT2D eigenvalue weighted by molar-refractivity contribution is 0.0744. The minimum Gasteiger partial charge on any atom is -0.477 e. The van der Waals surface area contributed by atoms with E-state index in [-0.39, 0.29) is 17.0 Å². The number of aryl methyl sites for hydroxylation is 1. The van der Waals surface area contributed by atoms with Crippen LogP contribution in [-0.2, 0) is 7.05 Å². The first kappa shape index (κ1) is 19.5. The molecule has 8 nitrogen and oxygen atoms in total. The maximum atomic E-state index is 12.8. The van der Waals surface area contributed by atoms with Gasteiger partial charge in [0.2, 0.25) is 5.88 Å². The predicted molar refractivity (Wildman–Crippen MR) is 118 cm³/mol. The number of hydrogen-bond acceptors (Lipinski definition) is 6. The summed E-state index contributed by atoms with van der Waals surface area (Å²) < 4.78 is 7.38. The van der Waals surface area contributed by atoms with E-state index in [1.807, 2.05) is 12.1 Å². The Bertz CT molecular complexity index is 1180. The van der Waals surface area contributed by atoms with Gasteiger partial charge in [0, 0.05) is 45.1 Å². The Labute approximate surface area is 180 Å². The molecule has 3 heterocycles. The molecule has 160 valence electrons. The van der Waals surface area contributed by atoms with E-state index in [1.54, 1.807) is 36.6 Å². The molecule has 0 radical (unpaired) electrons. The molecule has 0 bridgehead atoms. The molecule has 31 heavy (non-hydrogen) atoms. The summed E-state index contributed by atoms with van der Waals surface area (Å²) in [5.41, 5.74) is 1.88. The second-order valence-corrected chi connectivity index (χ2v) is 8.25. The number of aromatic nitrogens is 3. The largest absolute Gasteiger partial charge is 0.477 e. The number of piperazine rings is 1. The topological polar surface area (TPSA) is 80.6 Å². The normalized spacial score (nSPS) is 16.5. The second-order valence-electron chi connectivity index (χ2n) is 8.25. The smallest absolute Gasteiger partial charge is 0.263 e. The number of carbonyl (C=O) groups excluding carboxylic acids is 1. The Morgan fingerprint density at radius 1 is 1.13 bits per heavy atom. The van der Waals surface area contributed by atoms with Gasteiger partial charge >= 0.3 is 0 Å². The molecule has 0 N–H and O–H groups in total. The van der Waals surface area contributed by atoms with Gasteiger partial charge in [-0.25, -0.2) is 9.97 Å². The van der Waals surface area contributed by atoms with Crippen LogP contribution in [0.5, 0.6) is 5.88 Å². The molecule has 2 aliphatic rings. The highest BCUT2D eigenvalue weighted by Crippen LogP contribution is 2.32. The van der Waals surface area contributed by atoms with Crippen LogP contribution in [0.4, 0.5) is 5.69 Å². The number of fused-ring (bicyclic) bond motifs is 1. The molecule has 1 amide bonds. The molecule has 1 saturated heterocycles. The van der Waals surface area contributed by atoms with Crippen LogP contribution in [0.2, 0.25) is 0 Å². The summed E-state index contributed by atoms with van der Waals surface area (Å²) in [7, 11) is 1.66. The van der Waals surface area contributed by atoms with E-state index in [0.29, 0.717) is 44.6 Å². The van der Waals surface area contributed by atoms with Crippen LogP contribution in [0.3, 0.4) is 0 Å². The predicted octanol–water partition coefficient (Wildman–Crippen LogP) is 2.08. The van der Waals surface area contributed by atoms with E-state index in [4.69, 9.17) is 4.74 Å². The fraction of sp³-hybridized carbons (Fsp3) is 0.391. The van der Waals surface area contributed by atoms with E-state index in [2.05, 4.69) is 20.9 Å². The Balaban J connectivity index is 1.30. The number of nitrogens with zero attached hydrogens (tertiary/aromatic N) is 5. The zero-order valence-electron chi connectivity index (χ0n) is 17.5. The molecule has 8 heteroatoms. The van der Waals surface area contributed by atoms with E-state index in [9.17, 15) is 9.59 Å². The van der Waals surface area contributed by atoms with Crippen molar-refractivity contribution in [3.63, 3.8) is 0 Å². The number of carbonyl (C=O) groups is 1. The Hall–Kier alpha value is -3.42. The molecule has 0 unspecified atom stereocenters. The minimum atomic E-state index is -0.261. The number of benzene rings is 1. The van der Waals surface area contributed by atoms with Crippen molar-refractivity contribution in [3.05, 3.63) is 58.8 Å². The van der Waals surface area contributed by atoms with Gasteiger partial charge < -0.3 is 19.1 Å². The monoisotopic (exact) mass is 419 g/mol. The zero-order valence-corrected chi connectivity index (χ0v) is 17.5. The molecular weight excluding hydrogens is 394 g/mol. The molecule has 1 aliphatic heterocycles. The summed E-state index contributed by atoms with van der Waals surface area (Å²) in [6, 6.07) is 9.43. The van der Waals surface area contributed by atoms with Crippen molar-refractivity contribution in [1.29, 1.82) is 0 Å². The summed E-state index contributed by atoms with van der Waals surface area (Å²) in [5.74, 6) is 1.08. The van der Waals surface area contributed by atoms with E-state index < -0.39 is 0 Å². The van der Waals surface area contributed by atoms with Crippen LogP contribution >= 0.6 is 0 Å². The van der Waals surface area contributed by atoms with Crippen LogP contribution < -0.4 is 15.2 Å². The average molecular weight is 419 g/mol. The molecular formula is C23H25N5O3. The van der Waals surface area contributed by atoms with Gasteiger partial charge in [0.25, 0.3) is 11.5 Å². The highest BCUT2D eigenvalue weighted by molar-refractivity contribution is 5.94. The van der Waals surface area contributed by atoms with Crippen molar-refractivity contribution in [2.75, 3.05) is 37.7 Å². The number of ether oxygens (including phenoxy) is 1. The Morgan fingerprint density at radius 2 is 1.94 bits per heavy atom. The highest BCUT2D eigenvalue weighted by Gasteiger charge is 2.25. The summed E-state index contributed by atoms with van der Waals surface area (Å²) in [5, 5.41) is 0.909. The molecule has 2 fully saturated rings. The van der Waals surface area contributed by atoms with Gasteiger partial charge in [0.1, 0.15) is 11.9 Å². The first-order chi connectivity index (χ1) is 15.1. The van der Waals surface area contributed by atoms with Gasteiger partial charge in [-0.2, -0.15) is 0 Å². The molecule has 2 aromatic heterocycles. The number of amides is 1. The van der Waals surface area contributed by atoms with Crippen LogP contribution in [0.25, 0.3) is 10.9 Å². The maximum Gasteiger partial charge on any atom is 0.263 e. The lowest BCUT2D eigenvalue weighted by atomic mass is 10.1. The molecule has 1 saturated carbocycles. The van der Waals surface area contributed by atoms with Crippen molar-refractivity contribution in [2.24, 2.45) is 13.0 Å². The van der Waals surface area contributed by atoms with Crippen molar-refractivity contribution < 1.29 is 9.53 Å². The van der Waals surface area contributed by atoms with Gasteiger partial charge in [-0.15, -0.1) is 0 Å². The van der Waals surface area contributed by atoms with Crippen molar-refractivity contribution in [1.82, 2.24) is 19.4 Å². The van der Waals surface area contributed by atoms with Crippen molar-refractivity contribution >= 4 is 22.5 Å². The molecule has 3 aromatic rings. The molecule has 1 aromatic carbocycles. The third kappa shape index (κ3) is 3.97. The zero-order chi connectivity index (χ0) is 21.4. The van der Waals surface area contributed by atoms with E-state index >= 15 is 0 Å². The second kappa shape index (κ2) is 8.02. The highest BCUT2D eigenvalue weighted by atomic mass is 16.5. The lowest BCUT2D eigenvalue weighted by Gasteiger charge is -2.36. The third-order valence-corrected chi connectivity index (χ3v) is 6.02. The molecule has 5 rings (SSSR count). The summed E-state index contributed by atoms with van der Waals surface area (Å²) in [6.07, 6.45) is 5.66. The fourth-order valence-corrected chi connectivity index (χ4v) is 3.91. The fourth-order valence-electron chi connectivity index (χ4n) is 3.91.